The first-order valence-corrected chi connectivity index (χ1v) is 28.6. The SMILES string of the molecule is CCCCCCCCCC/C=C/CC/C=C/C(O)C(COC1OC(CO)C(O)C(O)C1O)NC(=O)CCCCCCCCCCCCCCCCCCCCCCCCCCCCCCC. The van der Waals surface area contributed by atoms with Crippen LogP contribution in [0.2, 0.25) is 0 Å². The molecule has 0 aromatic carbocycles. The Labute approximate surface area is 407 Å². The zero-order valence-electron chi connectivity index (χ0n) is 43.2. The third kappa shape index (κ3) is 36.6. The minimum atomic E-state index is -1.57. The van der Waals surface area contributed by atoms with Crippen molar-refractivity contribution in [1.29, 1.82) is 0 Å². The third-order valence-electron chi connectivity index (χ3n) is 13.8. The maximum absolute atomic E-state index is 13.0. The molecule has 390 valence electrons. The first-order chi connectivity index (χ1) is 32.3. The van der Waals surface area contributed by atoms with Crippen molar-refractivity contribution in [3.05, 3.63) is 24.3 Å². The van der Waals surface area contributed by atoms with Gasteiger partial charge >= 0.3 is 0 Å². The average Bonchev–Trinajstić information content (AvgIpc) is 3.32. The Morgan fingerprint density at radius 2 is 0.864 bits per heavy atom. The molecule has 0 aromatic heterocycles. The molecule has 1 aliphatic rings. The molecule has 0 aromatic rings. The van der Waals surface area contributed by atoms with Crippen LogP contribution in [0.4, 0.5) is 0 Å². The van der Waals surface area contributed by atoms with Crippen LogP contribution in [0.3, 0.4) is 0 Å². The molecule has 1 saturated heterocycles. The molecule has 1 amide bonds. The van der Waals surface area contributed by atoms with Crippen molar-refractivity contribution in [2.75, 3.05) is 13.2 Å². The van der Waals surface area contributed by atoms with E-state index in [9.17, 15) is 30.3 Å². The fourth-order valence-electron chi connectivity index (χ4n) is 9.23. The number of carbonyl (C=O) groups is 1. The second-order valence-corrected chi connectivity index (χ2v) is 20.1. The van der Waals surface area contributed by atoms with Gasteiger partial charge in [0, 0.05) is 6.42 Å². The quantitative estimate of drug-likeness (QED) is 0.0261. The summed E-state index contributed by atoms with van der Waals surface area (Å²) in [7, 11) is 0. The van der Waals surface area contributed by atoms with E-state index in [1.165, 1.54) is 218 Å². The molecule has 66 heavy (non-hydrogen) atoms. The molecule has 0 aliphatic carbocycles. The van der Waals surface area contributed by atoms with Crippen LogP contribution in [0, 0.1) is 0 Å². The van der Waals surface area contributed by atoms with Gasteiger partial charge in [0.1, 0.15) is 24.4 Å². The van der Waals surface area contributed by atoms with Crippen molar-refractivity contribution < 1.29 is 39.8 Å². The standard InChI is InChI=1S/C57H109NO8/c1-3-5-7-9-11-13-15-17-19-20-21-22-23-24-25-26-27-28-29-30-31-32-33-35-37-39-41-43-45-47-53(61)58-50(49-65-57-56(64)55(63)54(62)52(48-59)66-57)51(60)46-44-42-40-38-36-34-18-16-14-12-10-8-6-4-2/h36,38,44,46,50-52,54-57,59-60,62-64H,3-35,37,39-43,45,47-49H2,1-2H3,(H,58,61)/b38-36+,46-44+. The molecule has 1 rings (SSSR count). The molecule has 1 heterocycles. The Bertz CT molecular complexity index is 1090. The largest absolute Gasteiger partial charge is 0.394 e. The molecule has 0 radical (unpaired) electrons. The van der Waals surface area contributed by atoms with E-state index in [0.29, 0.717) is 6.42 Å². The number of amides is 1. The van der Waals surface area contributed by atoms with E-state index in [1.807, 2.05) is 6.08 Å². The zero-order chi connectivity index (χ0) is 48.0. The molecular formula is C57H109NO8. The number of unbranched alkanes of at least 4 members (excludes halogenated alkanes) is 37. The fourth-order valence-corrected chi connectivity index (χ4v) is 9.23. The Kier molecular flexibility index (Phi) is 45.0. The number of aliphatic hydroxyl groups is 5. The number of aliphatic hydroxyl groups excluding tert-OH is 5. The summed E-state index contributed by atoms with van der Waals surface area (Å²) in [5.74, 6) is -0.182. The van der Waals surface area contributed by atoms with Crippen LogP contribution in [0.15, 0.2) is 24.3 Å². The number of carbonyl (C=O) groups excluding carboxylic acids is 1. The van der Waals surface area contributed by atoms with Crippen LogP contribution >= 0.6 is 0 Å². The summed E-state index contributed by atoms with van der Waals surface area (Å²) in [4.78, 5) is 13.0. The number of hydrogen-bond donors (Lipinski definition) is 6. The maximum atomic E-state index is 13.0. The number of hydrogen-bond acceptors (Lipinski definition) is 8. The van der Waals surface area contributed by atoms with E-state index in [0.717, 1.165) is 38.5 Å². The second kappa shape index (κ2) is 47.4. The van der Waals surface area contributed by atoms with Gasteiger partial charge in [0.25, 0.3) is 0 Å². The predicted octanol–water partition coefficient (Wildman–Crippen LogP) is 13.8. The van der Waals surface area contributed by atoms with Crippen molar-refractivity contribution in [3.63, 3.8) is 0 Å². The minimum absolute atomic E-state index is 0.182. The van der Waals surface area contributed by atoms with Crippen LogP contribution in [-0.4, -0.2) is 87.5 Å². The molecule has 7 unspecified atom stereocenters. The molecule has 0 bridgehead atoms. The van der Waals surface area contributed by atoms with Gasteiger partial charge in [-0.15, -0.1) is 0 Å². The number of allylic oxidation sites excluding steroid dienone is 3. The summed E-state index contributed by atoms with van der Waals surface area (Å²) in [6, 6.07) is -0.817. The summed E-state index contributed by atoms with van der Waals surface area (Å²) in [6.45, 7) is 3.78. The molecular weight excluding hydrogens is 827 g/mol. The lowest BCUT2D eigenvalue weighted by Gasteiger charge is -2.40. The Balaban J connectivity index is 2.16. The van der Waals surface area contributed by atoms with E-state index in [4.69, 9.17) is 9.47 Å². The smallest absolute Gasteiger partial charge is 0.220 e. The van der Waals surface area contributed by atoms with E-state index < -0.39 is 49.5 Å². The van der Waals surface area contributed by atoms with Crippen molar-refractivity contribution in [2.45, 2.75) is 320 Å². The lowest BCUT2D eigenvalue weighted by atomic mass is 9.99. The van der Waals surface area contributed by atoms with Gasteiger partial charge in [-0.05, 0) is 32.1 Å². The van der Waals surface area contributed by atoms with Gasteiger partial charge in [-0.25, -0.2) is 0 Å². The lowest BCUT2D eigenvalue weighted by molar-refractivity contribution is -0.302. The van der Waals surface area contributed by atoms with Crippen molar-refractivity contribution >= 4 is 5.91 Å². The van der Waals surface area contributed by atoms with Crippen LogP contribution in [0.25, 0.3) is 0 Å². The fraction of sp³-hybridized carbons (Fsp3) is 0.912. The maximum Gasteiger partial charge on any atom is 0.220 e. The topological polar surface area (TPSA) is 149 Å². The monoisotopic (exact) mass is 936 g/mol. The van der Waals surface area contributed by atoms with Gasteiger partial charge in [-0.2, -0.15) is 0 Å². The van der Waals surface area contributed by atoms with E-state index in [-0.39, 0.29) is 12.5 Å². The van der Waals surface area contributed by atoms with Gasteiger partial charge in [-0.3, -0.25) is 4.79 Å². The van der Waals surface area contributed by atoms with Crippen molar-refractivity contribution in [3.8, 4) is 0 Å². The molecule has 9 nitrogen and oxygen atoms in total. The second-order valence-electron chi connectivity index (χ2n) is 20.1. The van der Waals surface area contributed by atoms with E-state index in [1.54, 1.807) is 6.08 Å². The first kappa shape index (κ1) is 62.7. The minimum Gasteiger partial charge on any atom is -0.394 e. The molecule has 0 spiro atoms. The predicted molar refractivity (Wildman–Crippen MR) is 277 cm³/mol. The molecule has 0 saturated carbocycles. The van der Waals surface area contributed by atoms with E-state index >= 15 is 0 Å². The van der Waals surface area contributed by atoms with Gasteiger partial charge in [0.2, 0.25) is 5.91 Å². The molecule has 9 heteroatoms. The van der Waals surface area contributed by atoms with Crippen LogP contribution in [0.1, 0.15) is 277 Å². The van der Waals surface area contributed by atoms with E-state index in [2.05, 4.69) is 31.3 Å². The van der Waals surface area contributed by atoms with Crippen molar-refractivity contribution in [1.82, 2.24) is 5.32 Å². The van der Waals surface area contributed by atoms with Crippen LogP contribution in [0.5, 0.6) is 0 Å². The average molecular weight is 936 g/mol. The molecule has 7 atom stereocenters. The number of rotatable bonds is 49. The normalized spacial score (nSPS) is 19.9. The van der Waals surface area contributed by atoms with Crippen LogP contribution in [-0.2, 0) is 14.3 Å². The highest BCUT2D eigenvalue weighted by Gasteiger charge is 2.44. The highest BCUT2D eigenvalue weighted by atomic mass is 16.7. The summed E-state index contributed by atoms with van der Waals surface area (Å²) in [5, 5.41) is 54.4. The zero-order valence-corrected chi connectivity index (χ0v) is 43.2. The summed E-state index contributed by atoms with van der Waals surface area (Å²) < 4.78 is 11.2. The van der Waals surface area contributed by atoms with Gasteiger partial charge in [0.15, 0.2) is 6.29 Å². The summed E-state index contributed by atoms with van der Waals surface area (Å²) in [5.41, 5.74) is 0. The van der Waals surface area contributed by atoms with Gasteiger partial charge in [-0.1, -0.05) is 263 Å². The van der Waals surface area contributed by atoms with Gasteiger partial charge in [0.05, 0.1) is 25.4 Å². The number of nitrogens with one attached hydrogen (secondary N) is 1. The Hall–Kier alpha value is -1.33. The Morgan fingerprint density at radius 3 is 1.27 bits per heavy atom. The molecule has 6 N–H and O–H groups in total. The number of ether oxygens (including phenoxy) is 2. The highest BCUT2D eigenvalue weighted by Crippen LogP contribution is 2.23. The first-order valence-electron chi connectivity index (χ1n) is 28.6. The van der Waals surface area contributed by atoms with Crippen molar-refractivity contribution in [2.24, 2.45) is 0 Å². The van der Waals surface area contributed by atoms with Gasteiger partial charge < -0.3 is 40.3 Å². The lowest BCUT2D eigenvalue weighted by Crippen LogP contribution is -2.60. The van der Waals surface area contributed by atoms with Crippen LogP contribution < -0.4 is 5.32 Å². The molecule has 1 fully saturated rings. The Morgan fingerprint density at radius 1 is 0.500 bits per heavy atom. The highest BCUT2D eigenvalue weighted by molar-refractivity contribution is 5.76. The molecule has 1 aliphatic heterocycles. The summed E-state index contributed by atoms with van der Waals surface area (Å²) in [6.07, 6.45) is 52.6. The summed E-state index contributed by atoms with van der Waals surface area (Å²) >= 11 is 0. The third-order valence-corrected chi connectivity index (χ3v) is 13.8.